The Bertz CT molecular complexity index is 504. The molecule has 0 radical (unpaired) electrons. The molecule has 1 aliphatic rings. The van der Waals surface area contributed by atoms with Crippen LogP contribution in [0.3, 0.4) is 0 Å². The van der Waals surface area contributed by atoms with E-state index in [4.69, 9.17) is 0 Å². The summed E-state index contributed by atoms with van der Waals surface area (Å²) in [5.74, 6) is 0.370. The van der Waals surface area contributed by atoms with Crippen LogP contribution in [0, 0.1) is 6.92 Å². The van der Waals surface area contributed by atoms with Gasteiger partial charge in [-0.3, -0.25) is 0 Å². The summed E-state index contributed by atoms with van der Waals surface area (Å²) in [5.41, 5.74) is 6.61. The molecule has 0 atom stereocenters. The number of fused-ring (bicyclic) bond motifs is 3. The first-order chi connectivity index (χ1) is 7.74. The van der Waals surface area contributed by atoms with Crippen molar-refractivity contribution in [2.75, 3.05) is 0 Å². The van der Waals surface area contributed by atoms with E-state index in [1.165, 1.54) is 27.8 Å². The van der Waals surface area contributed by atoms with E-state index in [1.807, 2.05) is 12.1 Å². The van der Waals surface area contributed by atoms with Crippen molar-refractivity contribution in [2.45, 2.75) is 19.8 Å². The van der Waals surface area contributed by atoms with E-state index in [0.29, 0.717) is 5.75 Å². The van der Waals surface area contributed by atoms with E-state index >= 15 is 0 Å². The summed E-state index contributed by atoms with van der Waals surface area (Å²) in [7, 11) is 0. The first-order valence-corrected chi connectivity index (χ1v) is 5.66. The normalized spacial score (nSPS) is 13.1. The molecule has 2 aromatic carbocycles. The SMILES string of the molecule is Cc1ccc2c(c1)CCc1cc(O)ccc1-2. The topological polar surface area (TPSA) is 20.2 Å². The van der Waals surface area contributed by atoms with Crippen LogP contribution in [-0.4, -0.2) is 5.11 Å². The van der Waals surface area contributed by atoms with E-state index in [-0.39, 0.29) is 0 Å². The van der Waals surface area contributed by atoms with Crippen LogP contribution >= 0.6 is 0 Å². The molecule has 0 spiro atoms. The zero-order chi connectivity index (χ0) is 11.1. The van der Waals surface area contributed by atoms with Gasteiger partial charge in [0.15, 0.2) is 0 Å². The predicted molar refractivity (Wildman–Crippen MR) is 65.7 cm³/mol. The van der Waals surface area contributed by atoms with Gasteiger partial charge in [0.25, 0.3) is 0 Å². The minimum Gasteiger partial charge on any atom is -0.508 e. The Balaban J connectivity index is 2.23. The van der Waals surface area contributed by atoms with Crippen LogP contribution in [-0.2, 0) is 12.8 Å². The molecule has 16 heavy (non-hydrogen) atoms. The third-order valence-electron chi connectivity index (χ3n) is 3.30. The van der Waals surface area contributed by atoms with Crippen molar-refractivity contribution in [3.8, 4) is 16.9 Å². The summed E-state index contributed by atoms with van der Waals surface area (Å²) >= 11 is 0. The number of hydrogen-bond donors (Lipinski definition) is 1. The molecular formula is C15H14O. The lowest BCUT2D eigenvalue weighted by Crippen LogP contribution is -2.03. The van der Waals surface area contributed by atoms with E-state index in [0.717, 1.165) is 12.8 Å². The average molecular weight is 210 g/mol. The first-order valence-electron chi connectivity index (χ1n) is 5.66. The van der Waals surface area contributed by atoms with Crippen LogP contribution in [0.25, 0.3) is 11.1 Å². The Morgan fingerprint density at radius 1 is 0.875 bits per heavy atom. The second-order valence-electron chi connectivity index (χ2n) is 4.50. The molecule has 1 nitrogen and oxygen atoms in total. The van der Waals surface area contributed by atoms with Gasteiger partial charge in [-0.05, 0) is 54.2 Å². The number of aryl methyl sites for hydroxylation is 3. The lowest BCUT2D eigenvalue weighted by molar-refractivity contribution is 0.474. The van der Waals surface area contributed by atoms with Gasteiger partial charge in [-0.25, -0.2) is 0 Å². The van der Waals surface area contributed by atoms with Crippen LogP contribution in [0.1, 0.15) is 16.7 Å². The molecule has 0 aliphatic heterocycles. The largest absolute Gasteiger partial charge is 0.508 e. The van der Waals surface area contributed by atoms with Gasteiger partial charge in [-0.15, -0.1) is 0 Å². The minimum absolute atomic E-state index is 0.370. The molecule has 2 aromatic rings. The highest BCUT2D eigenvalue weighted by Crippen LogP contribution is 2.35. The molecule has 1 heteroatoms. The summed E-state index contributed by atoms with van der Waals surface area (Å²) in [6, 6.07) is 12.3. The summed E-state index contributed by atoms with van der Waals surface area (Å²) < 4.78 is 0. The number of aromatic hydroxyl groups is 1. The minimum atomic E-state index is 0.370. The van der Waals surface area contributed by atoms with Crippen LogP contribution in [0.2, 0.25) is 0 Å². The summed E-state index contributed by atoms with van der Waals surface area (Å²) in [6.45, 7) is 2.13. The average Bonchev–Trinajstić information content (AvgIpc) is 2.28. The lowest BCUT2D eigenvalue weighted by atomic mass is 9.85. The van der Waals surface area contributed by atoms with Crippen molar-refractivity contribution in [1.29, 1.82) is 0 Å². The van der Waals surface area contributed by atoms with Crippen molar-refractivity contribution >= 4 is 0 Å². The molecule has 3 rings (SSSR count). The van der Waals surface area contributed by atoms with Crippen molar-refractivity contribution in [1.82, 2.24) is 0 Å². The van der Waals surface area contributed by atoms with Gasteiger partial charge < -0.3 is 5.11 Å². The maximum atomic E-state index is 9.48. The predicted octanol–water partition coefficient (Wildman–Crippen LogP) is 3.47. The van der Waals surface area contributed by atoms with Crippen molar-refractivity contribution in [3.05, 3.63) is 53.1 Å². The lowest BCUT2D eigenvalue weighted by Gasteiger charge is -2.20. The number of phenols is 1. The molecule has 1 aliphatic carbocycles. The van der Waals surface area contributed by atoms with Gasteiger partial charge in [0.2, 0.25) is 0 Å². The standard InChI is InChI=1S/C15H14O/c1-10-2-6-14-11(8-10)3-4-12-9-13(16)5-7-15(12)14/h2,5-9,16H,3-4H2,1H3. The fourth-order valence-corrected chi connectivity index (χ4v) is 2.51. The number of phenolic OH excluding ortho intramolecular Hbond substituents is 1. The molecule has 0 fully saturated rings. The zero-order valence-corrected chi connectivity index (χ0v) is 9.33. The monoisotopic (exact) mass is 210 g/mol. The molecule has 0 bridgehead atoms. The molecule has 1 N–H and O–H groups in total. The van der Waals surface area contributed by atoms with Crippen LogP contribution in [0.4, 0.5) is 0 Å². The van der Waals surface area contributed by atoms with Gasteiger partial charge in [0.1, 0.15) is 5.75 Å². The summed E-state index contributed by atoms with van der Waals surface area (Å²) in [6.07, 6.45) is 2.10. The van der Waals surface area contributed by atoms with Crippen molar-refractivity contribution in [2.24, 2.45) is 0 Å². The molecule has 0 aromatic heterocycles. The first kappa shape index (κ1) is 9.46. The smallest absolute Gasteiger partial charge is 0.115 e. The molecule has 0 amide bonds. The maximum Gasteiger partial charge on any atom is 0.115 e. The highest BCUT2D eigenvalue weighted by molar-refractivity contribution is 5.74. The van der Waals surface area contributed by atoms with Crippen LogP contribution < -0.4 is 0 Å². The Hall–Kier alpha value is -1.76. The number of rotatable bonds is 0. The molecular weight excluding hydrogens is 196 g/mol. The third kappa shape index (κ3) is 1.40. The van der Waals surface area contributed by atoms with E-state index in [1.54, 1.807) is 6.07 Å². The zero-order valence-electron chi connectivity index (χ0n) is 9.33. The molecule has 0 saturated carbocycles. The highest BCUT2D eigenvalue weighted by atomic mass is 16.3. The van der Waals surface area contributed by atoms with Gasteiger partial charge in [0.05, 0.1) is 0 Å². The second-order valence-corrected chi connectivity index (χ2v) is 4.50. The maximum absolute atomic E-state index is 9.48. The van der Waals surface area contributed by atoms with E-state index < -0.39 is 0 Å². The van der Waals surface area contributed by atoms with Gasteiger partial charge >= 0.3 is 0 Å². The Labute approximate surface area is 95.4 Å². The van der Waals surface area contributed by atoms with Crippen LogP contribution in [0.15, 0.2) is 36.4 Å². The van der Waals surface area contributed by atoms with Gasteiger partial charge in [-0.1, -0.05) is 29.8 Å². The third-order valence-corrected chi connectivity index (χ3v) is 3.30. The Morgan fingerprint density at radius 2 is 1.50 bits per heavy atom. The van der Waals surface area contributed by atoms with Crippen molar-refractivity contribution in [3.63, 3.8) is 0 Å². The summed E-state index contributed by atoms with van der Waals surface area (Å²) in [4.78, 5) is 0. The molecule has 0 unspecified atom stereocenters. The Morgan fingerprint density at radius 3 is 2.25 bits per heavy atom. The number of hydrogen-bond acceptors (Lipinski definition) is 1. The van der Waals surface area contributed by atoms with E-state index in [9.17, 15) is 5.11 Å². The van der Waals surface area contributed by atoms with Crippen LogP contribution in [0.5, 0.6) is 5.75 Å². The molecule has 80 valence electrons. The van der Waals surface area contributed by atoms with Gasteiger partial charge in [0, 0.05) is 0 Å². The molecule has 0 saturated heterocycles. The van der Waals surface area contributed by atoms with Gasteiger partial charge in [-0.2, -0.15) is 0 Å². The fourth-order valence-electron chi connectivity index (χ4n) is 2.51. The van der Waals surface area contributed by atoms with Crippen molar-refractivity contribution < 1.29 is 5.11 Å². The summed E-state index contributed by atoms with van der Waals surface area (Å²) in [5, 5.41) is 9.48. The quantitative estimate of drug-likeness (QED) is 0.706. The Kier molecular flexibility index (Phi) is 2.00. The molecule has 0 heterocycles. The van der Waals surface area contributed by atoms with E-state index in [2.05, 4.69) is 25.1 Å². The second kappa shape index (κ2) is 3.38. The number of benzene rings is 2. The highest BCUT2D eigenvalue weighted by Gasteiger charge is 2.15. The fraction of sp³-hybridized carbons (Fsp3) is 0.200.